The van der Waals surface area contributed by atoms with E-state index >= 15 is 0 Å². The standard InChI is InChI=1S/C6H14N2O2/c1-8-5(4-7)3-6(9)10-2/h5,8H,3-4,7H2,1-2H3/t5-/m1/s1. The van der Waals surface area contributed by atoms with Crippen LogP contribution in [0.3, 0.4) is 0 Å². The van der Waals surface area contributed by atoms with Gasteiger partial charge in [-0.25, -0.2) is 0 Å². The van der Waals surface area contributed by atoms with Gasteiger partial charge in [-0.1, -0.05) is 0 Å². The van der Waals surface area contributed by atoms with Crippen molar-refractivity contribution >= 4 is 5.97 Å². The van der Waals surface area contributed by atoms with Crippen molar-refractivity contribution in [2.24, 2.45) is 5.73 Å². The SMILES string of the molecule is CN[C@@H](CN)CC(=O)OC. The fourth-order valence-corrected chi connectivity index (χ4v) is 0.588. The van der Waals surface area contributed by atoms with Gasteiger partial charge in [0, 0.05) is 12.6 Å². The number of hydrogen-bond acceptors (Lipinski definition) is 4. The van der Waals surface area contributed by atoms with Gasteiger partial charge in [0.1, 0.15) is 0 Å². The minimum atomic E-state index is -0.232. The molecule has 10 heavy (non-hydrogen) atoms. The van der Waals surface area contributed by atoms with Gasteiger partial charge in [-0.15, -0.1) is 0 Å². The van der Waals surface area contributed by atoms with Gasteiger partial charge < -0.3 is 15.8 Å². The molecule has 0 saturated carbocycles. The third-order valence-electron chi connectivity index (χ3n) is 1.33. The van der Waals surface area contributed by atoms with E-state index in [0.29, 0.717) is 13.0 Å². The van der Waals surface area contributed by atoms with Crippen molar-refractivity contribution in [2.75, 3.05) is 20.7 Å². The monoisotopic (exact) mass is 146 g/mol. The fourth-order valence-electron chi connectivity index (χ4n) is 0.588. The lowest BCUT2D eigenvalue weighted by Crippen LogP contribution is -2.35. The van der Waals surface area contributed by atoms with Gasteiger partial charge in [-0.3, -0.25) is 4.79 Å². The van der Waals surface area contributed by atoms with Crippen LogP contribution in [0.2, 0.25) is 0 Å². The molecule has 0 radical (unpaired) electrons. The number of nitrogens with two attached hydrogens (primary N) is 1. The van der Waals surface area contributed by atoms with E-state index < -0.39 is 0 Å². The first kappa shape index (κ1) is 9.39. The van der Waals surface area contributed by atoms with Crippen molar-refractivity contribution in [1.29, 1.82) is 0 Å². The summed E-state index contributed by atoms with van der Waals surface area (Å²) < 4.78 is 4.45. The van der Waals surface area contributed by atoms with Crippen LogP contribution in [0.25, 0.3) is 0 Å². The van der Waals surface area contributed by atoms with Gasteiger partial charge in [0.2, 0.25) is 0 Å². The van der Waals surface area contributed by atoms with Crippen molar-refractivity contribution in [2.45, 2.75) is 12.5 Å². The molecule has 0 aliphatic heterocycles. The molecule has 0 bridgehead atoms. The number of carbonyl (C=O) groups is 1. The molecule has 0 saturated heterocycles. The fraction of sp³-hybridized carbons (Fsp3) is 0.833. The molecule has 1 atom stereocenters. The first-order chi connectivity index (χ1) is 4.74. The minimum absolute atomic E-state index is 0.0347. The summed E-state index contributed by atoms with van der Waals surface area (Å²) in [5.74, 6) is -0.232. The Morgan fingerprint density at radius 2 is 2.40 bits per heavy atom. The lowest BCUT2D eigenvalue weighted by Gasteiger charge is -2.10. The topological polar surface area (TPSA) is 64.3 Å². The highest BCUT2D eigenvalue weighted by Crippen LogP contribution is 1.90. The van der Waals surface area contributed by atoms with Crippen LogP contribution < -0.4 is 11.1 Å². The summed E-state index contributed by atoms with van der Waals surface area (Å²) in [4.78, 5) is 10.6. The van der Waals surface area contributed by atoms with E-state index in [1.54, 1.807) is 7.05 Å². The molecule has 0 rings (SSSR count). The maximum atomic E-state index is 10.6. The number of likely N-dealkylation sites (N-methyl/N-ethyl adjacent to an activating group) is 1. The first-order valence-corrected chi connectivity index (χ1v) is 3.18. The summed E-state index contributed by atoms with van der Waals surface area (Å²) in [6, 6.07) is 0.0347. The molecule has 60 valence electrons. The van der Waals surface area contributed by atoms with Gasteiger partial charge in [0.05, 0.1) is 13.5 Å². The Kier molecular flexibility index (Phi) is 4.88. The predicted octanol–water partition coefficient (Wildman–Crippen LogP) is -0.904. The molecule has 0 amide bonds. The Labute approximate surface area is 60.7 Å². The summed E-state index contributed by atoms with van der Waals surface area (Å²) in [5.41, 5.74) is 5.32. The Balaban J connectivity index is 3.52. The molecule has 0 aliphatic carbocycles. The Morgan fingerprint density at radius 3 is 2.70 bits per heavy atom. The van der Waals surface area contributed by atoms with E-state index in [1.165, 1.54) is 7.11 Å². The maximum Gasteiger partial charge on any atom is 0.307 e. The summed E-state index contributed by atoms with van der Waals surface area (Å²) in [5, 5.41) is 2.89. The highest BCUT2D eigenvalue weighted by molar-refractivity contribution is 5.69. The van der Waals surface area contributed by atoms with Crippen LogP contribution in [-0.2, 0) is 9.53 Å². The van der Waals surface area contributed by atoms with Crippen molar-refractivity contribution < 1.29 is 9.53 Å². The molecule has 4 heteroatoms. The molecule has 0 aromatic rings. The molecule has 3 N–H and O–H groups in total. The van der Waals surface area contributed by atoms with E-state index in [9.17, 15) is 4.79 Å². The second-order valence-corrected chi connectivity index (χ2v) is 2.00. The molecule has 0 unspecified atom stereocenters. The predicted molar refractivity (Wildman–Crippen MR) is 38.5 cm³/mol. The molecule has 0 spiro atoms. The average Bonchev–Trinajstić information content (AvgIpc) is 1.99. The molecule has 0 aromatic carbocycles. The van der Waals surface area contributed by atoms with Crippen LogP contribution in [0.15, 0.2) is 0 Å². The molecule has 0 aromatic heterocycles. The number of nitrogens with one attached hydrogen (secondary N) is 1. The number of rotatable bonds is 4. The number of carbonyl (C=O) groups excluding carboxylic acids is 1. The lowest BCUT2D eigenvalue weighted by atomic mass is 10.2. The van der Waals surface area contributed by atoms with Crippen LogP contribution in [-0.4, -0.2) is 32.7 Å². The second-order valence-electron chi connectivity index (χ2n) is 2.00. The van der Waals surface area contributed by atoms with Gasteiger partial charge in [0.25, 0.3) is 0 Å². The van der Waals surface area contributed by atoms with Crippen LogP contribution in [0, 0.1) is 0 Å². The van der Waals surface area contributed by atoms with Crippen LogP contribution in [0.1, 0.15) is 6.42 Å². The lowest BCUT2D eigenvalue weighted by molar-refractivity contribution is -0.141. The third kappa shape index (κ3) is 3.42. The Morgan fingerprint density at radius 1 is 1.80 bits per heavy atom. The number of esters is 1. The van der Waals surface area contributed by atoms with E-state index in [0.717, 1.165) is 0 Å². The maximum absolute atomic E-state index is 10.6. The van der Waals surface area contributed by atoms with Gasteiger partial charge >= 0.3 is 5.97 Å². The Bertz CT molecular complexity index is 102. The summed E-state index contributed by atoms with van der Waals surface area (Å²) in [6.45, 7) is 0.450. The molecule has 0 aliphatic rings. The van der Waals surface area contributed by atoms with Crippen LogP contribution in [0.5, 0.6) is 0 Å². The van der Waals surface area contributed by atoms with E-state index in [-0.39, 0.29) is 12.0 Å². The highest BCUT2D eigenvalue weighted by Gasteiger charge is 2.08. The zero-order valence-electron chi connectivity index (χ0n) is 6.39. The number of ether oxygens (including phenoxy) is 1. The Hall–Kier alpha value is -0.610. The van der Waals surface area contributed by atoms with E-state index in [2.05, 4.69) is 10.1 Å². The van der Waals surface area contributed by atoms with Crippen molar-refractivity contribution in [3.05, 3.63) is 0 Å². The largest absolute Gasteiger partial charge is 0.469 e. The quantitative estimate of drug-likeness (QED) is 0.504. The van der Waals surface area contributed by atoms with Crippen LogP contribution >= 0.6 is 0 Å². The number of hydrogen-bond donors (Lipinski definition) is 2. The van der Waals surface area contributed by atoms with Crippen molar-refractivity contribution in [3.8, 4) is 0 Å². The third-order valence-corrected chi connectivity index (χ3v) is 1.33. The van der Waals surface area contributed by atoms with E-state index in [1.807, 2.05) is 0 Å². The van der Waals surface area contributed by atoms with Gasteiger partial charge in [-0.2, -0.15) is 0 Å². The summed E-state index contributed by atoms with van der Waals surface area (Å²) in [6.07, 6.45) is 0.337. The molecule has 0 fully saturated rings. The van der Waals surface area contributed by atoms with Gasteiger partial charge in [0.15, 0.2) is 0 Å². The summed E-state index contributed by atoms with van der Waals surface area (Å²) >= 11 is 0. The molecular formula is C6H14N2O2. The van der Waals surface area contributed by atoms with Crippen LogP contribution in [0.4, 0.5) is 0 Å². The van der Waals surface area contributed by atoms with E-state index in [4.69, 9.17) is 5.73 Å². The minimum Gasteiger partial charge on any atom is -0.469 e. The van der Waals surface area contributed by atoms with Gasteiger partial charge in [-0.05, 0) is 7.05 Å². The average molecular weight is 146 g/mol. The molecule has 4 nitrogen and oxygen atoms in total. The zero-order chi connectivity index (χ0) is 7.98. The number of methoxy groups -OCH3 is 1. The second kappa shape index (κ2) is 5.20. The van der Waals surface area contributed by atoms with Crippen molar-refractivity contribution in [1.82, 2.24) is 5.32 Å². The molecular weight excluding hydrogens is 132 g/mol. The highest BCUT2D eigenvalue weighted by atomic mass is 16.5. The summed E-state index contributed by atoms with van der Waals surface area (Å²) in [7, 11) is 3.13. The normalized spacial score (nSPS) is 12.7. The molecule has 0 heterocycles. The zero-order valence-corrected chi connectivity index (χ0v) is 6.39. The van der Waals surface area contributed by atoms with Crippen molar-refractivity contribution in [3.63, 3.8) is 0 Å². The first-order valence-electron chi connectivity index (χ1n) is 3.18. The smallest absolute Gasteiger partial charge is 0.307 e.